The zero-order valence-electron chi connectivity index (χ0n) is 19.7. The van der Waals surface area contributed by atoms with Crippen LogP contribution in [-0.2, 0) is 6.42 Å². The van der Waals surface area contributed by atoms with Crippen LogP contribution in [0.4, 0.5) is 17.1 Å². The van der Waals surface area contributed by atoms with E-state index in [-0.39, 0.29) is 11.3 Å². The summed E-state index contributed by atoms with van der Waals surface area (Å²) in [5.41, 5.74) is 3.47. The van der Waals surface area contributed by atoms with E-state index in [1.54, 1.807) is 0 Å². The number of nitro groups is 1. The Morgan fingerprint density at radius 3 is 2.39 bits per heavy atom. The summed E-state index contributed by atoms with van der Waals surface area (Å²) < 4.78 is 0. The van der Waals surface area contributed by atoms with E-state index in [2.05, 4.69) is 36.2 Å². The van der Waals surface area contributed by atoms with Crippen molar-refractivity contribution in [2.75, 3.05) is 18.4 Å². The predicted molar refractivity (Wildman–Crippen MR) is 131 cm³/mol. The molecule has 33 heavy (non-hydrogen) atoms. The molecule has 0 bridgehead atoms. The Kier molecular flexibility index (Phi) is 8.83. The van der Waals surface area contributed by atoms with Gasteiger partial charge in [0, 0.05) is 23.9 Å². The van der Waals surface area contributed by atoms with E-state index in [0.29, 0.717) is 11.7 Å². The third-order valence-electron chi connectivity index (χ3n) is 6.45. The van der Waals surface area contributed by atoms with Crippen LogP contribution in [0.2, 0.25) is 0 Å². The van der Waals surface area contributed by atoms with Gasteiger partial charge in [-0.25, -0.2) is 4.79 Å². The molecule has 0 saturated carbocycles. The van der Waals surface area contributed by atoms with Crippen LogP contribution < -0.4 is 5.32 Å². The molecule has 0 radical (unpaired) electrons. The number of aromatic carboxylic acids is 1. The lowest BCUT2D eigenvalue weighted by Gasteiger charge is -2.30. The molecular formula is C26H35N3O4. The molecule has 0 saturated heterocycles. The second kappa shape index (κ2) is 11.8. The molecule has 2 aromatic carbocycles. The number of nitro benzene ring substituents is 1. The van der Waals surface area contributed by atoms with Crippen LogP contribution in [0.5, 0.6) is 0 Å². The summed E-state index contributed by atoms with van der Waals surface area (Å²) >= 11 is 0. The Bertz CT molecular complexity index is 966. The number of carboxylic acids is 1. The van der Waals surface area contributed by atoms with Gasteiger partial charge in [0.25, 0.3) is 5.69 Å². The third kappa shape index (κ3) is 6.32. The van der Waals surface area contributed by atoms with Gasteiger partial charge in [0.05, 0.1) is 16.2 Å². The van der Waals surface area contributed by atoms with Crippen molar-refractivity contribution >= 4 is 23.0 Å². The summed E-state index contributed by atoms with van der Waals surface area (Å²) in [6, 6.07) is 10.6. The minimum absolute atomic E-state index is 0.111. The summed E-state index contributed by atoms with van der Waals surface area (Å²) in [6.45, 7) is 6.74. The van der Waals surface area contributed by atoms with E-state index in [1.165, 1.54) is 61.8 Å². The molecule has 7 heteroatoms. The van der Waals surface area contributed by atoms with Crippen molar-refractivity contribution in [3.63, 3.8) is 0 Å². The maximum absolute atomic E-state index is 11.6. The molecule has 3 rings (SSSR count). The van der Waals surface area contributed by atoms with Crippen molar-refractivity contribution < 1.29 is 14.8 Å². The number of nitrogens with one attached hydrogen (secondary N) is 1. The predicted octanol–water partition coefficient (Wildman–Crippen LogP) is 6.71. The van der Waals surface area contributed by atoms with Crippen LogP contribution in [0.1, 0.15) is 86.3 Å². The van der Waals surface area contributed by atoms with Crippen molar-refractivity contribution in [3.8, 4) is 0 Å². The second-order valence-electron chi connectivity index (χ2n) is 8.84. The molecule has 7 nitrogen and oxygen atoms in total. The number of non-ortho nitro benzene ring substituents is 1. The van der Waals surface area contributed by atoms with Crippen molar-refractivity contribution in [2.45, 2.75) is 71.3 Å². The molecule has 0 aliphatic heterocycles. The van der Waals surface area contributed by atoms with E-state index in [4.69, 9.17) is 0 Å². The lowest BCUT2D eigenvalue weighted by Crippen LogP contribution is -2.29. The third-order valence-corrected chi connectivity index (χ3v) is 6.45. The largest absolute Gasteiger partial charge is 0.478 e. The second-order valence-corrected chi connectivity index (χ2v) is 8.84. The number of rotatable bonds is 13. The molecule has 0 fully saturated rings. The number of benzene rings is 2. The van der Waals surface area contributed by atoms with Gasteiger partial charge in [-0.3, -0.25) is 15.0 Å². The van der Waals surface area contributed by atoms with Crippen molar-refractivity contribution in [2.24, 2.45) is 0 Å². The fourth-order valence-corrected chi connectivity index (χ4v) is 4.69. The number of carbonyl (C=O) groups is 1. The molecule has 178 valence electrons. The quantitative estimate of drug-likeness (QED) is 0.199. The molecule has 1 aliphatic carbocycles. The average molecular weight is 454 g/mol. The highest BCUT2D eigenvalue weighted by atomic mass is 16.6. The van der Waals surface area contributed by atoms with Crippen molar-refractivity contribution in [3.05, 3.63) is 63.2 Å². The Morgan fingerprint density at radius 2 is 1.79 bits per heavy atom. The molecule has 2 N–H and O–H groups in total. The Labute approximate surface area is 196 Å². The number of carboxylic acid groups (broad SMARTS) is 1. The highest BCUT2D eigenvalue weighted by Crippen LogP contribution is 2.38. The number of aryl methyl sites for hydroxylation is 1. The van der Waals surface area contributed by atoms with Gasteiger partial charge in [0.1, 0.15) is 0 Å². The molecule has 0 amide bonds. The molecule has 1 atom stereocenters. The van der Waals surface area contributed by atoms with Crippen molar-refractivity contribution in [1.29, 1.82) is 0 Å². The minimum atomic E-state index is -1.20. The van der Waals surface area contributed by atoms with E-state index >= 15 is 0 Å². The number of hydrogen-bond donors (Lipinski definition) is 2. The summed E-state index contributed by atoms with van der Waals surface area (Å²) in [6.07, 6.45) is 9.52. The average Bonchev–Trinajstić information content (AvgIpc) is 3.21. The molecule has 0 heterocycles. The highest BCUT2D eigenvalue weighted by Gasteiger charge is 2.28. The smallest absolute Gasteiger partial charge is 0.338 e. The first-order chi connectivity index (χ1) is 15.9. The fraction of sp³-hybridized carbons (Fsp3) is 0.500. The number of hydrogen-bond acceptors (Lipinski definition) is 5. The molecular weight excluding hydrogens is 418 g/mol. The fourth-order valence-electron chi connectivity index (χ4n) is 4.69. The van der Waals surface area contributed by atoms with Gasteiger partial charge >= 0.3 is 5.97 Å². The topological polar surface area (TPSA) is 95.7 Å². The van der Waals surface area contributed by atoms with Gasteiger partial charge in [-0.2, -0.15) is 0 Å². The monoisotopic (exact) mass is 453 g/mol. The van der Waals surface area contributed by atoms with Gasteiger partial charge in [-0.1, -0.05) is 45.6 Å². The first-order valence-electron chi connectivity index (χ1n) is 12.1. The zero-order valence-corrected chi connectivity index (χ0v) is 19.7. The molecule has 1 unspecified atom stereocenters. The number of anilines is 2. The molecule has 0 spiro atoms. The van der Waals surface area contributed by atoms with Crippen LogP contribution >= 0.6 is 0 Å². The molecule has 1 aliphatic rings. The van der Waals surface area contributed by atoms with E-state index in [9.17, 15) is 20.0 Å². The molecule has 2 aromatic rings. The lowest BCUT2D eigenvalue weighted by atomic mass is 10.0. The van der Waals surface area contributed by atoms with Gasteiger partial charge < -0.3 is 10.4 Å². The lowest BCUT2D eigenvalue weighted by molar-refractivity contribution is -0.384. The first kappa shape index (κ1) is 24.7. The van der Waals surface area contributed by atoms with Crippen molar-refractivity contribution in [1.82, 2.24) is 4.90 Å². The zero-order chi connectivity index (χ0) is 23.8. The Hall–Kier alpha value is -2.93. The van der Waals surface area contributed by atoms with Gasteiger partial charge in [-0.05, 0) is 68.1 Å². The van der Waals surface area contributed by atoms with Crippen LogP contribution in [0, 0.1) is 10.1 Å². The van der Waals surface area contributed by atoms with Crippen LogP contribution in [-0.4, -0.2) is 34.0 Å². The maximum Gasteiger partial charge on any atom is 0.338 e. The maximum atomic E-state index is 11.6. The normalized spacial score (nSPS) is 14.9. The van der Waals surface area contributed by atoms with Crippen LogP contribution in [0.3, 0.4) is 0 Å². The van der Waals surface area contributed by atoms with Gasteiger partial charge in [0.15, 0.2) is 0 Å². The number of fused-ring (bicyclic) bond motifs is 1. The molecule has 0 aromatic heterocycles. The van der Waals surface area contributed by atoms with E-state index < -0.39 is 10.9 Å². The van der Waals surface area contributed by atoms with E-state index in [0.717, 1.165) is 37.7 Å². The first-order valence-corrected chi connectivity index (χ1v) is 12.1. The summed E-state index contributed by atoms with van der Waals surface area (Å²) in [5, 5.41) is 23.7. The highest BCUT2D eigenvalue weighted by molar-refractivity contribution is 5.96. The minimum Gasteiger partial charge on any atom is -0.478 e. The summed E-state index contributed by atoms with van der Waals surface area (Å²) in [5.74, 6) is -1.20. The standard InChI is InChI=1S/C26H35N3O4/c1-3-5-7-15-28(16-8-6-4-2)25-14-9-19-17-20(10-12-22(19)25)27-24-13-11-21(29(32)33)18-23(24)26(30)31/h10-13,17-18,25,27H,3-9,14-16H2,1-2H3,(H,30,31). The van der Waals surface area contributed by atoms with E-state index in [1.807, 2.05) is 6.07 Å². The summed E-state index contributed by atoms with van der Waals surface area (Å²) in [7, 11) is 0. The summed E-state index contributed by atoms with van der Waals surface area (Å²) in [4.78, 5) is 24.7. The Morgan fingerprint density at radius 1 is 1.09 bits per heavy atom. The van der Waals surface area contributed by atoms with Crippen LogP contribution in [0.25, 0.3) is 0 Å². The Balaban J connectivity index is 1.78. The number of unbranched alkanes of at least 4 members (excludes halogenated alkanes) is 4. The van der Waals surface area contributed by atoms with Crippen LogP contribution in [0.15, 0.2) is 36.4 Å². The van der Waals surface area contributed by atoms with Gasteiger partial charge in [0.2, 0.25) is 0 Å². The van der Waals surface area contributed by atoms with Gasteiger partial charge in [-0.15, -0.1) is 0 Å². The number of nitrogens with zero attached hydrogens (tertiary/aromatic N) is 2. The SMILES string of the molecule is CCCCCN(CCCCC)C1CCc2cc(Nc3ccc([N+](=O)[O-])cc3C(=O)O)ccc21.